The van der Waals surface area contributed by atoms with Gasteiger partial charge in [-0.3, -0.25) is 4.79 Å². The summed E-state index contributed by atoms with van der Waals surface area (Å²) in [5, 5.41) is 3.25. The highest BCUT2D eigenvalue weighted by molar-refractivity contribution is 5.96. The molecule has 2 nitrogen and oxygen atoms in total. The minimum absolute atomic E-state index is 0.179. The van der Waals surface area contributed by atoms with E-state index in [9.17, 15) is 4.79 Å². The zero-order valence-electron chi connectivity index (χ0n) is 9.29. The molecular weight excluding hydrogens is 186 g/mol. The van der Waals surface area contributed by atoms with E-state index in [4.69, 9.17) is 0 Å². The van der Waals surface area contributed by atoms with Gasteiger partial charge in [-0.05, 0) is 31.2 Å². The van der Waals surface area contributed by atoms with Crippen molar-refractivity contribution in [3.05, 3.63) is 42.5 Å². The Morgan fingerprint density at radius 2 is 2.07 bits per heavy atom. The number of rotatable bonds is 5. The highest BCUT2D eigenvalue weighted by Gasteiger charge is 2.02. The van der Waals surface area contributed by atoms with Crippen molar-refractivity contribution in [2.75, 3.05) is 5.32 Å². The van der Waals surface area contributed by atoms with Crippen molar-refractivity contribution in [2.45, 2.75) is 26.3 Å². The molecule has 80 valence electrons. The number of anilines is 1. The summed E-state index contributed by atoms with van der Waals surface area (Å²) in [5.41, 5.74) is 1.78. The summed E-state index contributed by atoms with van der Waals surface area (Å²) < 4.78 is 0. The van der Waals surface area contributed by atoms with E-state index in [0.29, 0.717) is 6.42 Å². The number of Topliss-reactive ketones (excluding diaryl/α,β-unsaturated/α-hetero) is 1. The molecule has 0 heterocycles. The zero-order chi connectivity index (χ0) is 11.3. The van der Waals surface area contributed by atoms with Crippen LogP contribution in [-0.2, 0) is 0 Å². The molecule has 0 radical (unpaired) electrons. The Morgan fingerprint density at radius 1 is 1.47 bits per heavy atom. The van der Waals surface area contributed by atoms with Gasteiger partial charge in [-0.25, -0.2) is 0 Å². The van der Waals surface area contributed by atoms with Crippen molar-refractivity contribution < 1.29 is 4.79 Å². The van der Waals surface area contributed by atoms with Gasteiger partial charge >= 0.3 is 0 Å². The lowest BCUT2D eigenvalue weighted by atomic mass is 10.1. The van der Waals surface area contributed by atoms with E-state index in [1.54, 1.807) is 0 Å². The number of carbonyl (C=O) groups excluding carboxylic acids is 1. The normalized spacial score (nSPS) is 11.9. The summed E-state index contributed by atoms with van der Waals surface area (Å²) in [6.07, 6.45) is 2.39. The van der Waals surface area contributed by atoms with Crippen LogP contribution >= 0.6 is 0 Å². The monoisotopic (exact) mass is 203 g/mol. The van der Waals surface area contributed by atoms with Gasteiger partial charge in [-0.15, -0.1) is 6.58 Å². The van der Waals surface area contributed by atoms with Gasteiger partial charge in [0.25, 0.3) is 0 Å². The van der Waals surface area contributed by atoms with Gasteiger partial charge in [-0.2, -0.15) is 0 Å². The molecule has 0 saturated heterocycles. The van der Waals surface area contributed by atoms with Gasteiger partial charge in [0.2, 0.25) is 0 Å². The fourth-order valence-electron chi connectivity index (χ4n) is 1.28. The Bertz CT molecular complexity index is 340. The van der Waals surface area contributed by atoms with E-state index in [0.717, 1.165) is 11.3 Å². The third kappa shape index (κ3) is 3.24. The number of hydrogen-bond donors (Lipinski definition) is 1. The van der Waals surface area contributed by atoms with Crippen LogP contribution in [0, 0.1) is 0 Å². The van der Waals surface area contributed by atoms with E-state index in [2.05, 4.69) is 11.9 Å². The summed E-state index contributed by atoms with van der Waals surface area (Å²) in [5.74, 6) is 0.179. The molecule has 1 aromatic rings. The van der Waals surface area contributed by atoms with E-state index >= 15 is 0 Å². The maximum absolute atomic E-state index is 11.4. The summed E-state index contributed by atoms with van der Waals surface area (Å²) in [6.45, 7) is 7.59. The lowest BCUT2D eigenvalue weighted by Gasteiger charge is -2.10. The first-order chi connectivity index (χ1) is 7.17. The van der Waals surface area contributed by atoms with Crippen LogP contribution in [0.5, 0.6) is 0 Å². The van der Waals surface area contributed by atoms with Gasteiger partial charge in [0.1, 0.15) is 0 Å². The predicted octanol–water partition coefficient (Wildman–Crippen LogP) is 3.27. The smallest absolute Gasteiger partial charge is 0.162 e. The molecule has 15 heavy (non-hydrogen) atoms. The Labute approximate surface area is 91.0 Å². The molecule has 1 aromatic carbocycles. The average molecular weight is 203 g/mol. The molecule has 0 bridgehead atoms. The maximum Gasteiger partial charge on any atom is 0.162 e. The van der Waals surface area contributed by atoms with Gasteiger partial charge in [-0.1, -0.05) is 13.0 Å². The van der Waals surface area contributed by atoms with Gasteiger partial charge in [0.05, 0.1) is 0 Å². The molecule has 1 rings (SSSR count). The number of hydrogen-bond acceptors (Lipinski definition) is 2. The molecule has 1 N–H and O–H groups in total. The highest BCUT2D eigenvalue weighted by Crippen LogP contribution is 2.12. The van der Waals surface area contributed by atoms with Crippen molar-refractivity contribution in [3.63, 3.8) is 0 Å². The molecule has 0 aliphatic rings. The summed E-state index contributed by atoms with van der Waals surface area (Å²) in [4.78, 5) is 11.4. The molecule has 2 heteroatoms. The van der Waals surface area contributed by atoms with E-state index < -0.39 is 0 Å². The van der Waals surface area contributed by atoms with Crippen LogP contribution in [0.4, 0.5) is 5.69 Å². The minimum atomic E-state index is 0.179. The molecule has 0 fully saturated rings. The maximum atomic E-state index is 11.4. The van der Waals surface area contributed by atoms with Crippen molar-refractivity contribution in [3.8, 4) is 0 Å². The lowest BCUT2D eigenvalue weighted by molar-refractivity contribution is 0.0988. The quantitative estimate of drug-likeness (QED) is 0.588. The minimum Gasteiger partial charge on any atom is -0.379 e. The van der Waals surface area contributed by atoms with Gasteiger partial charge in [0, 0.05) is 23.7 Å². The van der Waals surface area contributed by atoms with Crippen LogP contribution < -0.4 is 5.32 Å². The first-order valence-electron chi connectivity index (χ1n) is 5.19. The van der Waals surface area contributed by atoms with Crippen LogP contribution in [0.1, 0.15) is 30.6 Å². The Morgan fingerprint density at radius 3 is 2.53 bits per heavy atom. The third-order valence-corrected chi connectivity index (χ3v) is 2.28. The van der Waals surface area contributed by atoms with Crippen LogP contribution in [0.25, 0.3) is 0 Å². The number of ketones is 1. The SMILES string of the molecule is C=CC(C)Nc1ccc(C(=O)CC)cc1. The average Bonchev–Trinajstić information content (AvgIpc) is 2.29. The Hall–Kier alpha value is -1.57. The van der Waals surface area contributed by atoms with Crippen LogP contribution in [0.3, 0.4) is 0 Å². The zero-order valence-corrected chi connectivity index (χ0v) is 9.29. The summed E-state index contributed by atoms with van der Waals surface area (Å²) >= 11 is 0. The van der Waals surface area contributed by atoms with Crippen molar-refractivity contribution in [1.82, 2.24) is 0 Å². The highest BCUT2D eigenvalue weighted by atomic mass is 16.1. The molecule has 0 aliphatic carbocycles. The molecule has 0 spiro atoms. The van der Waals surface area contributed by atoms with Gasteiger partial charge < -0.3 is 5.32 Å². The van der Waals surface area contributed by atoms with Crippen molar-refractivity contribution in [2.24, 2.45) is 0 Å². The summed E-state index contributed by atoms with van der Waals surface area (Å²) in [6, 6.07) is 7.78. The largest absolute Gasteiger partial charge is 0.379 e. The van der Waals surface area contributed by atoms with Crippen molar-refractivity contribution in [1.29, 1.82) is 0 Å². The standard InChI is InChI=1S/C13H17NO/c1-4-10(3)14-12-8-6-11(7-9-12)13(15)5-2/h4,6-10,14H,1,5H2,2-3H3. The second-order valence-electron chi connectivity index (χ2n) is 3.52. The van der Waals surface area contributed by atoms with Crippen molar-refractivity contribution >= 4 is 11.5 Å². The van der Waals surface area contributed by atoms with E-state index in [1.165, 1.54) is 0 Å². The third-order valence-electron chi connectivity index (χ3n) is 2.28. The van der Waals surface area contributed by atoms with Crippen LogP contribution in [0.15, 0.2) is 36.9 Å². The molecule has 0 aliphatic heterocycles. The fraction of sp³-hybridized carbons (Fsp3) is 0.308. The first kappa shape index (κ1) is 11.5. The lowest BCUT2D eigenvalue weighted by Crippen LogP contribution is -2.11. The molecule has 1 unspecified atom stereocenters. The Balaban J connectivity index is 2.72. The van der Waals surface area contributed by atoms with Crippen LogP contribution in [-0.4, -0.2) is 11.8 Å². The topological polar surface area (TPSA) is 29.1 Å². The van der Waals surface area contributed by atoms with Crippen LogP contribution in [0.2, 0.25) is 0 Å². The molecule has 0 aromatic heterocycles. The molecule has 1 atom stereocenters. The summed E-state index contributed by atoms with van der Waals surface area (Å²) in [7, 11) is 0. The predicted molar refractivity (Wildman–Crippen MR) is 64.3 cm³/mol. The van der Waals surface area contributed by atoms with E-state index in [1.807, 2.05) is 44.2 Å². The fourth-order valence-corrected chi connectivity index (χ4v) is 1.28. The second kappa shape index (κ2) is 5.35. The number of benzene rings is 1. The van der Waals surface area contributed by atoms with E-state index in [-0.39, 0.29) is 11.8 Å². The molecule has 0 amide bonds. The Kier molecular flexibility index (Phi) is 4.10. The second-order valence-corrected chi connectivity index (χ2v) is 3.52. The number of nitrogens with one attached hydrogen (secondary N) is 1. The number of carbonyl (C=O) groups is 1. The molecule has 0 saturated carbocycles. The van der Waals surface area contributed by atoms with Gasteiger partial charge in [0.15, 0.2) is 5.78 Å². The molecular formula is C13H17NO. The first-order valence-corrected chi connectivity index (χ1v) is 5.19.